The zero-order chi connectivity index (χ0) is 27.0. The molecule has 2 aromatic carbocycles. The number of likely N-dealkylation sites (tertiary alicyclic amines) is 1. The van der Waals surface area contributed by atoms with Crippen molar-refractivity contribution in [3.05, 3.63) is 54.1 Å². The largest absolute Gasteiger partial charge is 0.493 e. The summed E-state index contributed by atoms with van der Waals surface area (Å²) in [5.41, 5.74) is -0.207. The first-order valence-corrected chi connectivity index (χ1v) is 13.3. The van der Waals surface area contributed by atoms with Crippen LogP contribution < -0.4 is 14.2 Å². The van der Waals surface area contributed by atoms with Crippen LogP contribution in [0.1, 0.15) is 31.7 Å². The van der Waals surface area contributed by atoms with Gasteiger partial charge in [0.25, 0.3) is 0 Å². The molecule has 1 N–H and O–H groups in total. The number of hydrogen-bond acceptors (Lipinski definition) is 7. The quantitative estimate of drug-likeness (QED) is 0.451. The topological polar surface area (TPSA) is 91.8 Å². The van der Waals surface area contributed by atoms with Crippen molar-refractivity contribution in [2.24, 2.45) is 0 Å². The zero-order valence-corrected chi connectivity index (χ0v) is 22.4. The number of ether oxygens (including phenoxy) is 3. The molecular weight excluding hydrogens is 486 g/mol. The summed E-state index contributed by atoms with van der Waals surface area (Å²) in [7, 11) is 1.62. The summed E-state index contributed by atoms with van der Waals surface area (Å²) in [6.07, 6.45) is 2.36. The second-order valence-electron chi connectivity index (χ2n) is 10.1. The Hall–Kier alpha value is -3.30. The Bertz CT molecular complexity index is 1080. The van der Waals surface area contributed by atoms with E-state index >= 15 is 0 Å². The van der Waals surface area contributed by atoms with E-state index in [1.165, 1.54) is 6.92 Å². The normalized spacial score (nSPS) is 20.3. The van der Waals surface area contributed by atoms with Crippen molar-refractivity contribution in [1.29, 1.82) is 0 Å². The van der Waals surface area contributed by atoms with Crippen molar-refractivity contribution >= 4 is 11.8 Å². The Morgan fingerprint density at radius 3 is 2.55 bits per heavy atom. The lowest BCUT2D eigenvalue weighted by molar-refractivity contribution is -0.132. The maximum absolute atomic E-state index is 12.2. The van der Waals surface area contributed by atoms with Gasteiger partial charge in [-0.05, 0) is 42.7 Å². The molecule has 2 fully saturated rings. The minimum atomic E-state index is -1.22. The second kappa shape index (κ2) is 13.0. The van der Waals surface area contributed by atoms with Gasteiger partial charge in [-0.25, -0.2) is 0 Å². The molecule has 0 saturated carbocycles. The molecule has 206 valence electrons. The molecule has 1 atom stereocenters. The Kier molecular flexibility index (Phi) is 9.47. The number of nitrogens with zero attached hydrogens (tertiary/aromatic N) is 3. The summed E-state index contributed by atoms with van der Waals surface area (Å²) in [6, 6.07) is 15.2. The molecule has 2 heterocycles. The first-order valence-electron chi connectivity index (χ1n) is 13.3. The lowest BCUT2D eigenvalue weighted by Crippen LogP contribution is -2.51. The van der Waals surface area contributed by atoms with Gasteiger partial charge in [-0.1, -0.05) is 24.3 Å². The number of amides is 2. The van der Waals surface area contributed by atoms with Gasteiger partial charge in [0.15, 0.2) is 11.5 Å². The number of carbonyl (C=O) groups excluding carboxylic acids is 2. The second-order valence-corrected chi connectivity index (χ2v) is 10.1. The van der Waals surface area contributed by atoms with Crippen molar-refractivity contribution in [3.8, 4) is 17.2 Å². The minimum absolute atomic E-state index is 0.0674. The van der Waals surface area contributed by atoms with Gasteiger partial charge < -0.3 is 29.1 Å². The van der Waals surface area contributed by atoms with Crippen LogP contribution in [-0.4, -0.2) is 96.8 Å². The van der Waals surface area contributed by atoms with Gasteiger partial charge in [-0.3, -0.25) is 14.5 Å². The van der Waals surface area contributed by atoms with E-state index in [1.54, 1.807) is 12.0 Å². The molecule has 0 aliphatic carbocycles. The van der Waals surface area contributed by atoms with Crippen molar-refractivity contribution in [2.45, 2.75) is 38.3 Å². The minimum Gasteiger partial charge on any atom is -0.493 e. The molecule has 0 radical (unpaired) electrons. The van der Waals surface area contributed by atoms with Crippen LogP contribution in [0.5, 0.6) is 17.2 Å². The van der Waals surface area contributed by atoms with Crippen LogP contribution in [0, 0.1) is 0 Å². The smallest absolute Gasteiger partial charge is 0.222 e. The average molecular weight is 526 g/mol. The van der Waals surface area contributed by atoms with E-state index in [9.17, 15) is 14.7 Å². The van der Waals surface area contributed by atoms with Crippen molar-refractivity contribution in [3.63, 3.8) is 0 Å². The molecule has 9 nitrogen and oxygen atoms in total. The molecule has 2 saturated heterocycles. The third-order valence-corrected chi connectivity index (χ3v) is 7.02. The third-order valence-electron chi connectivity index (χ3n) is 7.02. The molecule has 2 aromatic rings. The molecular formula is C29H39N3O6. The standard InChI is InChI=1S/C29H39N3O6/c1-23(33)32-16-15-30(20-29(35,21-32)22-38-25-8-4-3-5-9-25)19-24-11-12-26(27(18-24)36-2)37-17-7-14-31-13-6-10-28(31)34/h3-5,8-9,11-12,18,35H,6-7,10,13-17,19-22H2,1-2H3. The maximum atomic E-state index is 12.2. The Labute approximate surface area is 224 Å². The molecule has 0 aromatic heterocycles. The van der Waals surface area contributed by atoms with Crippen molar-refractivity contribution in [2.75, 3.05) is 59.6 Å². The Morgan fingerprint density at radius 1 is 1.03 bits per heavy atom. The lowest BCUT2D eigenvalue weighted by atomic mass is 10.0. The van der Waals surface area contributed by atoms with Gasteiger partial charge in [0, 0.05) is 52.6 Å². The molecule has 0 bridgehead atoms. The predicted octanol–water partition coefficient (Wildman–Crippen LogP) is 2.56. The van der Waals surface area contributed by atoms with Crippen molar-refractivity contribution < 1.29 is 28.9 Å². The lowest BCUT2D eigenvalue weighted by Gasteiger charge is -2.32. The monoisotopic (exact) mass is 525 g/mol. The third kappa shape index (κ3) is 7.61. The van der Waals surface area contributed by atoms with Crippen molar-refractivity contribution in [1.82, 2.24) is 14.7 Å². The molecule has 2 aliphatic rings. The van der Waals surface area contributed by atoms with Gasteiger partial charge in [0.1, 0.15) is 18.0 Å². The number of β-amino-alcohol motifs (C(OH)–C–C–N with tert-alkyl or cyclic N) is 1. The van der Waals surface area contributed by atoms with E-state index in [0.29, 0.717) is 63.0 Å². The molecule has 2 amide bonds. The number of methoxy groups -OCH3 is 1. The highest BCUT2D eigenvalue weighted by Crippen LogP contribution is 2.29. The first-order chi connectivity index (χ1) is 18.3. The van der Waals surface area contributed by atoms with Gasteiger partial charge >= 0.3 is 0 Å². The van der Waals surface area contributed by atoms with Crippen LogP contribution in [0.25, 0.3) is 0 Å². The fourth-order valence-corrected chi connectivity index (χ4v) is 5.04. The van der Waals surface area contributed by atoms with Gasteiger partial charge in [0.2, 0.25) is 11.8 Å². The maximum Gasteiger partial charge on any atom is 0.222 e. The zero-order valence-electron chi connectivity index (χ0n) is 22.4. The van der Waals surface area contributed by atoms with E-state index < -0.39 is 5.60 Å². The predicted molar refractivity (Wildman–Crippen MR) is 143 cm³/mol. The van der Waals surface area contributed by atoms with Gasteiger partial charge in [-0.15, -0.1) is 0 Å². The molecule has 38 heavy (non-hydrogen) atoms. The highest BCUT2D eigenvalue weighted by atomic mass is 16.5. The Balaban J connectivity index is 1.37. The molecule has 2 aliphatic heterocycles. The van der Waals surface area contributed by atoms with E-state index in [0.717, 1.165) is 24.9 Å². The first kappa shape index (κ1) is 27.7. The summed E-state index contributed by atoms with van der Waals surface area (Å²) in [5.74, 6) is 2.14. The van der Waals surface area contributed by atoms with E-state index in [-0.39, 0.29) is 25.0 Å². The Morgan fingerprint density at radius 2 is 1.84 bits per heavy atom. The van der Waals surface area contributed by atoms with E-state index in [1.807, 2.05) is 53.4 Å². The van der Waals surface area contributed by atoms with Crippen LogP contribution in [-0.2, 0) is 16.1 Å². The number of hydrogen-bond donors (Lipinski definition) is 1. The van der Waals surface area contributed by atoms with Crippen LogP contribution >= 0.6 is 0 Å². The number of benzene rings is 2. The molecule has 0 spiro atoms. The fourth-order valence-electron chi connectivity index (χ4n) is 5.04. The van der Waals surface area contributed by atoms with Crippen LogP contribution in [0.15, 0.2) is 48.5 Å². The number of para-hydroxylation sites is 1. The summed E-state index contributed by atoms with van der Waals surface area (Å²) < 4.78 is 17.4. The molecule has 9 heteroatoms. The highest BCUT2D eigenvalue weighted by Gasteiger charge is 2.37. The average Bonchev–Trinajstić information content (AvgIpc) is 3.24. The SMILES string of the molecule is COc1cc(CN2CCN(C(C)=O)CC(O)(COc3ccccc3)C2)ccc1OCCCN1CCCC1=O. The van der Waals surface area contributed by atoms with Crippen LogP contribution in [0.3, 0.4) is 0 Å². The summed E-state index contributed by atoms with van der Waals surface area (Å²) >= 11 is 0. The summed E-state index contributed by atoms with van der Waals surface area (Å²) in [6.45, 7) is 5.96. The summed E-state index contributed by atoms with van der Waals surface area (Å²) in [4.78, 5) is 29.7. The van der Waals surface area contributed by atoms with Crippen LogP contribution in [0.2, 0.25) is 0 Å². The summed E-state index contributed by atoms with van der Waals surface area (Å²) in [5, 5.41) is 11.5. The fraction of sp³-hybridized carbons (Fsp3) is 0.517. The molecule has 4 rings (SSSR count). The molecule has 1 unspecified atom stereocenters. The van der Waals surface area contributed by atoms with E-state index in [4.69, 9.17) is 14.2 Å². The van der Waals surface area contributed by atoms with Crippen LogP contribution in [0.4, 0.5) is 0 Å². The number of rotatable bonds is 11. The van der Waals surface area contributed by atoms with Gasteiger partial charge in [0.05, 0.1) is 20.3 Å². The number of carbonyl (C=O) groups is 2. The van der Waals surface area contributed by atoms with Gasteiger partial charge in [-0.2, -0.15) is 0 Å². The highest BCUT2D eigenvalue weighted by molar-refractivity contribution is 5.78. The number of aliphatic hydroxyl groups is 1. The van der Waals surface area contributed by atoms with E-state index in [2.05, 4.69) is 4.90 Å².